The first-order valence-corrected chi connectivity index (χ1v) is 6.61. The van der Waals surface area contributed by atoms with Crippen molar-refractivity contribution in [1.82, 2.24) is 10.2 Å². The molecular formula is C13H20N2O3. The maximum Gasteiger partial charge on any atom is 0.283 e. The van der Waals surface area contributed by atoms with Crippen LogP contribution >= 0.6 is 0 Å². The standard InChI is InChI=1S/C13H20N2O3/c1-9(2)3-4-11(16)13-15-14-12(18-13)10-5-7-17-8-6-10/h9-10H,3-8H2,1-2H3. The highest BCUT2D eigenvalue weighted by Gasteiger charge is 2.23. The van der Waals surface area contributed by atoms with Crippen LogP contribution in [0.4, 0.5) is 0 Å². The van der Waals surface area contributed by atoms with E-state index >= 15 is 0 Å². The number of aromatic nitrogens is 2. The molecule has 1 aliphatic rings. The molecule has 0 bridgehead atoms. The highest BCUT2D eigenvalue weighted by atomic mass is 16.5. The normalized spacial score (nSPS) is 17.3. The molecule has 0 N–H and O–H groups in total. The third kappa shape index (κ3) is 3.38. The Morgan fingerprint density at radius 2 is 2.06 bits per heavy atom. The molecule has 0 saturated carbocycles. The molecule has 0 unspecified atom stereocenters. The minimum Gasteiger partial charge on any atom is -0.418 e. The maximum atomic E-state index is 11.8. The van der Waals surface area contributed by atoms with Crippen molar-refractivity contribution in [2.45, 2.75) is 45.4 Å². The predicted molar refractivity (Wildman–Crippen MR) is 65.5 cm³/mol. The van der Waals surface area contributed by atoms with Crippen LogP contribution in [0.3, 0.4) is 0 Å². The molecule has 1 aliphatic heterocycles. The van der Waals surface area contributed by atoms with Crippen LogP contribution in [0, 0.1) is 5.92 Å². The summed E-state index contributed by atoms with van der Waals surface area (Å²) in [6.45, 7) is 5.64. The van der Waals surface area contributed by atoms with Gasteiger partial charge in [0.2, 0.25) is 11.7 Å². The van der Waals surface area contributed by atoms with E-state index in [1.165, 1.54) is 0 Å². The molecule has 1 aromatic rings. The molecule has 0 amide bonds. The Balaban J connectivity index is 1.94. The Labute approximate surface area is 107 Å². The number of hydrogen-bond acceptors (Lipinski definition) is 5. The number of carbonyl (C=O) groups is 1. The Morgan fingerprint density at radius 3 is 2.72 bits per heavy atom. The van der Waals surface area contributed by atoms with Crippen LogP contribution in [0.25, 0.3) is 0 Å². The van der Waals surface area contributed by atoms with Gasteiger partial charge in [-0.2, -0.15) is 0 Å². The van der Waals surface area contributed by atoms with Crippen molar-refractivity contribution in [3.63, 3.8) is 0 Å². The summed E-state index contributed by atoms with van der Waals surface area (Å²) in [4.78, 5) is 11.8. The largest absolute Gasteiger partial charge is 0.418 e. The van der Waals surface area contributed by atoms with Crippen LogP contribution in [0.15, 0.2) is 4.42 Å². The van der Waals surface area contributed by atoms with Gasteiger partial charge in [-0.15, -0.1) is 10.2 Å². The fraction of sp³-hybridized carbons (Fsp3) is 0.769. The van der Waals surface area contributed by atoms with Gasteiger partial charge >= 0.3 is 0 Å². The van der Waals surface area contributed by atoms with Gasteiger partial charge in [-0.3, -0.25) is 4.79 Å². The zero-order valence-electron chi connectivity index (χ0n) is 11.0. The van der Waals surface area contributed by atoms with E-state index in [0.717, 1.165) is 32.5 Å². The van der Waals surface area contributed by atoms with Gasteiger partial charge in [-0.25, -0.2) is 0 Å². The molecule has 0 radical (unpaired) electrons. The smallest absolute Gasteiger partial charge is 0.283 e. The Morgan fingerprint density at radius 1 is 1.33 bits per heavy atom. The maximum absolute atomic E-state index is 11.8. The topological polar surface area (TPSA) is 65.2 Å². The second-order valence-corrected chi connectivity index (χ2v) is 5.19. The Hall–Kier alpha value is -1.23. The molecule has 5 heteroatoms. The van der Waals surface area contributed by atoms with E-state index in [1.807, 2.05) is 0 Å². The van der Waals surface area contributed by atoms with Crippen molar-refractivity contribution in [2.24, 2.45) is 5.92 Å². The summed E-state index contributed by atoms with van der Waals surface area (Å²) in [5.74, 6) is 1.46. The zero-order valence-corrected chi connectivity index (χ0v) is 11.0. The SMILES string of the molecule is CC(C)CCC(=O)c1nnc(C2CCOCC2)o1. The monoisotopic (exact) mass is 252 g/mol. The summed E-state index contributed by atoms with van der Waals surface area (Å²) in [7, 11) is 0. The van der Waals surface area contributed by atoms with Crippen LogP contribution in [0.1, 0.15) is 62.0 Å². The summed E-state index contributed by atoms with van der Waals surface area (Å²) in [5.41, 5.74) is 0. The lowest BCUT2D eigenvalue weighted by Gasteiger charge is -2.18. The molecule has 2 rings (SSSR count). The minimum atomic E-state index is -0.0468. The molecule has 18 heavy (non-hydrogen) atoms. The molecule has 0 atom stereocenters. The van der Waals surface area contributed by atoms with E-state index in [9.17, 15) is 4.79 Å². The van der Waals surface area contributed by atoms with Crippen molar-refractivity contribution >= 4 is 5.78 Å². The van der Waals surface area contributed by atoms with Crippen LogP contribution in [-0.2, 0) is 4.74 Å². The van der Waals surface area contributed by atoms with Crippen molar-refractivity contribution < 1.29 is 13.9 Å². The zero-order chi connectivity index (χ0) is 13.0. The van der Waals surface area contributed by atoms with Crippen LogP contribution in [0.2, 0.25) is 0 Å². The molecule has 5 nitrogen and oxygen atoms in total. The molecule has 0 spiro atoms. The van der Waals surface area contributed by atoms with E-state index in [-0.39, 0.29) is 17.6 Å². The number of nitrogens with zero attached hydrogens (tertiary/aromatic N) is 2. The number of ether oxygens (including phenoxy) is 1. The average Bonchev–Trinajstić information content (AvgIpc) is 2.86. The number of Topliss-reactive ketones (excluding diaryl/α,β-unsaturated/α-hetero) is 1. The van der Waals surface area contributed by atoms with Gasteiger partial charge < -0.3 is 9.15 Å². The molecule has 2 heterocycles. The van der Waals surface area contributed by atoms with E-state index in [4.69, 9.17) is 9.15 Å². The van der Waals surface area contributed by atoms with Crippen molar-refractivity contribution in [3.8, 4) is 0 Å². The van der Waals surface area contributed by atoms with E-state index in [0.29, 0.717) is 18.2 Å². The molecule has 0 aromatic carbocycles. The van der Waals surface area contributed by atoms with Crippen LogP contribution < -0.4 is 0 Å². The number of ketones is 1. The van der Waals surface area contributed by atoms with E-state index in [1.54, 1.807) is 0 Å². The minimum absolute atomic E-state index is 0.0468. The van der Waals surface area contributed by atoms with Crippen LogP contribution in [-0.4, -0.2) is 29.2 Å². The van der Waals surface area contributed by atoms with Crippen molar-refractivity contribution in [2.75, 3.05) is 13.2 Å². The van der Waals surface area contributed by atoms with Crippen molar-refractivity contribution in [1.29, 1.82) is 0 Å². The number of hydrogen-bond donors (Lipinski definition) is 0. The average molecular weight is 252 g/mol. The summed E-state index contributed by atoms with van der Waals surface area (Å²) in [5, 5.41) is 7.86. The highest BCUT2D eigenvalue weighted by Crippen LogP contribution is 2.25. The lowest BCUT2D eigenvalue weighted by Crippen LogP contribution is -2.14. The van der Waals surface area contributed by atoms with E-state index < -0.39 is 0 Å². The summed E-state index contributed by atoms with van der Waals surface area (Å²) < 4.78 is 10.8. The quantitative estimate of drug-likeness (QED) is 0.753. The lowest BCUT2D eigenvalue weighted by atomic mass is 10.0. The second kappa shape index (κ2) is 6.09. The van der Waals surface area contributed by atoms with Gasteiger partial charge in [0, 0.05) is 25.6 Å². The fourth-order valence-corrected chi connectivity index (χ4v) is 1.98. The molecule has 1 aromatic heterocycles. The Bertz CT molecular complexity index is 395. The van der Waals surface area contributed by atoms with Crippen molar-refractivity contribution in [3.05, 3.63) is 11.8 Å². The van der Waals surface area contributed by atoms with Gasteiger partial charge in [-0.05, 0) is 25.2 Å². The van der Waals surface area contributed by atoms with Gasteiger partial charge in [0.05, 0.1) is 0 Å². The first-order valence-electron chi connectivity index (χ1n) is 6.61. The summed E-state index contributed by atoms with van der Waals surface area (Å²) >= 11 is 0. The molecule has 0 aliphatic carbocycles. The first kappa shape index (κ1) is 13.2. The summed E-state index contributed by atoms with van der Waals surface area (Å²) in [6, 6.07) is 0. The van der Waals surface area contributed by atoms with Gasteiger partial charge in [0.15, 0.2) is 0 Å². The molecule has 100 valence electrons. The number of rotatable bonds is 5. The molecule has 1 saturated heterocycles. The third-order valence-electron chi connectivity index (χ3n) is 3.20. The van der Waals surface area contributed by atoms with E-state index in [2.05, 4.69) is 24.0 Å². The van der Waals surface area contributed by atoms with Gasteiger partial charge in [-0.1, -0.05) is 13.8 Å². The second-order valence-electron chi connectivity index (χ2n) is 5.19. The third-order valence-corrected chi connectivity index (χ3v) is 3.20. The van der Waals surface area contributed by atoms with Gasteiger partial charge in [0.1, 0.15) is 0 Å². The van der Waals surface area contributed by atoms with Gasteiger partial charge in [0.25, 0.3) is 5.89 Å². The van der Waals surface area contributed by atoms with Crippen LogP contribution in [0.5, 0.6) is 0 Å². The number of carbonyl (C=O) groups excluding carboxylic acids is 1. The first-order chi connectivity index (χ1) is 8.66. The highest BCUT2D eigenvalue weighted by molar-refractivity contribution is 5.91. The summed E-state index contributed by atoms with van der Waals surface area (Å²) in [6.07, 6.45) is 3.12. The molecular weight excluding hydrogens is 232 g/mol. The fourth-order valence-electron chi connectivity index (χ4n) is 1.98. The lowest BCUT2D eigenvalue weighted by molar-refractivity contribution is 0.0784. The molecule has 1 fully saturated rings. The Kier molecular flexibility index (Phi) is 4.47. The predicted octanol–water partition coefficient (Wildman–Crippen LogP) is 2.58.